The van der Waals surface area contributed by atoms with Crippen LogP contribution in [0.5, 0.6) is 0 Å². The Morgan fingerprint density at radius 2 is 1.04 bits per heavy atom. The first-order chi connectivity index (χ1) is 25.3. The zero-order valence-corrected chi connectivity index (χ0v) is 27.9. The molecule has 11 aromatic rings. The maximum atomic E-state index is 6.56. The summed E-state index contributed by atoms with van der Waals surface area (Å²) in [6, 6.07) is 54.8. The minimum atomic E-state index is 0.624. The van der Waals surface area contributed by atoms with Crippen LogP contribution in [0, 0.1) is 0 Å². The monoisotopic (exact) mass is 670 g/mol. The van der Waals surface area contributed by atoms with Crippen molar-refractivity contribution in [3.8, 4) is 39.9 Å². The largest absolute Gasteiger partial charge is 0.455 e. The average molecular weight is 671 g/mol. The molecular weight excluding hydrogens is 645 g/mol. The number of thiophene rings is 1. The van der Waals surface area contributed by atoms with Crippen molar-refractivity contribution in [1.82, 2.24) is 19.5 Å². The lowest BCUT2D eigenvalue weighted by Gasteiger charge is -2.11. The van der Waals surface area contributed by atoms with E-state index in [0.29, 0.717) is 17.5 Å². The first kappa shape index (κ1) is 28.2. The molecule has 0 fully saturated rings. The van der Waals surface area contributed by atoms with Crippen molar-refractivity contribution in [2.24, 2.45) is 0 Å². The molecule has 4 heterocycles. The van der Waals surface area contributed by atoms with Crippen LogP contribution in [0.3, 0.4) is 0 Å². The molecule has 0 amide bonds. The van der Waals surface area contributed by atoms with Crippen LogP contribution in [0.1, 0.15) is 0 Å². The summed E-state index contributed by atoms with van der Waals surface area (Å²) < 4.78 is 11.2. The highest BCUT2D eigenvalue weighted by atomic mass is 32.1. The quantitative estimate of drug-likeness (QED) is 0.187. The molecule has 6 heteroatoms. The van der Waals surface area contributed by atoms with Gasteiger partial charge in [0.15, 0.2) is 17.5 Å². The third-order valence-electron chi connectivity index (χ3n) is 9.86. The molecule has 0 atom stereocenters. The second-order valence-corrected chi connectivity index (χ2v) is 13.8. The second-order valence-electron chi connectivity index (χ2n) is 12.8. The minimum absolute atomic E-state index is 0.624. The lowest BCUT2D eigenvalue weighted by molar-refractivity contribution is 0.673. The van der Waals surface area contributed by atoms with Crippen molar-refractivity contribution in [2.75, 3.05) is 0 Å². The zero-order valence-electron chi connectivity index (χ0n) is 27.1. The molecule has 5 nitrogen and oxygen atoms in total. The Kier molecular flexibility index (Phi) is 6.05. The summed E-state index contributed by atoms with van der Waals surface area (Å²) in [6.07, 6.45) is 0. The van der Waals surface area contributed by atoms with Gasteiger partial charge < -0.3 is 8.98 Å². The van der Waals surface area contributed by atoms with Crippen LogP contribution >= 0.6 is 11.3 Å². The van der Waals surface area contributed by atoms with E-state index in [4.69, 9.17) is 19.4 Å². The van der Waals surface area contributed by atoms with Gasteiger partial charge in [-0.25, -0.2) is 15.0 Å². The number of hydrogen-bond acceptors (Lipinski definition) is 5. The Morgan fingerprint density at radius 3 is 1.76 bits per heavy atom. The summed E-state index contributed by atoms with van der Waals surface area (Å²) >= 11 is 1.75. The second kappa shape index (κ2) is 10.9. The average Bonchev–Trinajstić information content (AvgIpc) is 3.88. The van der Waals surface area contributed by atoms with Crippen molar-refractivity contribution >= 4 is 75.3 Å². The van der Waals surface area contributed by atoms with Gasteiger partial charge in [0.05, 0.1) is 15.7 Å². The van der Waals surface area contributed by atoms with Crippen LogP contribution in [-0.2, 0) is 0 Å². The van der Waals surface area contributed by atoms with Crippen LogP contribution in [0.25, 0.3) is 104 Å². The highest BCUT2D eigenvalue weighted by molar-refractivity contribution is 7.26. The van der Waals surface area contributed by atoms with Crippen molar-refractivity contribution in [2.45, 2.75) is 0 Å². The lowest BCUT2D eigenvalue weighted by atomic mass is 10.0. The van der Waals surface area contributed by atoms with E-state index in [1.807, 2.05) is 30.3 Å². The first-order valence-corrected chi connectivity index (χ1v) is 17.8. The van der Waals surface area contributed by atoms with E-state index in [9.17, 15) is 0 Å². The number of para-hydroxylation sites is 3. The van der Waals surface area contributed by atoms with Gasteiger partial charge in [-0.05, 0) is 54.6 Å². The molecule has 238 valence electrons. The van der Waals surface area contributed by atoms with Gasteiger partial charge in [-0.2, -0.15) is 0 Å². The summed E-state index contributed by atoms with van der Waals surface area (Å²) in [7, 11) is 0. The normalized spacial score (nSPS) is 11.9. The summed E-state index contributed by atoms with van der Waals surface area (Å²) in [4.78, 5) is 15.5. The van der Waals surface area contributed by atoms with E-state index in [1.165, 1.54) is 31.9 Å². The van der Waals surface area contributed by atoms with Crippen LogP contribution in [-0.4, -0.2) is 19.5 Å². The fraction of sp³-hybridized carbons (Fsp3) is 0. The Labute approximate surface area is 295 Å². The molecule has 0 bridgehead atoms. The number of fused-ring (bicyclic) bond motifs is 10. The molecule has 0 spiro atoms. The van der Waals surface area contributed by atoms with E-state index in [2.05, 4.69) is 132 Å². The van der Waals surface area contributed by atoms with E-state index in [-0.39, 0.29) is 0 Å². The maximum Gasteiger partial charge on any atom is 0.165 e. The Morgan fingerprint density at radius 1 is 0.471 bits per heavy atom. The third-order valence-corrected chi connectivity index (χ3v) is 11.1. The first-order valence-electron chi connectivity index (χ1n) is 16.9. The molecule has 0 N–H and O–H groups in total. The van der Waals surface area contributed by atoms with E-state index in [0.717, 1.165) is 54.4 Å². The van der Waals surface area contributed by atoms with Crippen LogP contribution < -0.4 is 0 Å². The topological polar surface area (TPSA) is 56.7 Å². The smallest absolute Gasteiger partial charge is 0.165 e. The van der Waals surface area contributed by atoms with Crippen LogP contribution in [0.2, 0.25) is 0 Å². The van der Waals surface area contributed by atoms with Gasteiger partial charge in [0.2, 0.25) is 0 Å². The number of furan rings is 1. The van der Waals surface area contributed by atoms with Crippen molar-refractivity contribution in [3.05, 3.63) is 158 Å². The molecule has 0 radical (unpaired) electrons. The summed E-state index contributed by atoms with van der Waals surface area (Å²) in [5.74, 6) is 1.89. The number of aromatic nitrogens is 4. The third kappa shape index (κ3) is 4.30. The lowest BCUT2D eigenvalue weighted by Crippen LogP contribution is -2.01. The predicted molar refractivity (Wildman–Crippen MR) is 211 cm³/mol. The van der Waals surface area contributed by atoms with Gasteiger partial charge in [-0.1, -0.05) is 103 Å². The van der Waals surface area contributed by atoms with Gasteiger partial charge in [0.25, 0.3) is 0 Å². The molecule has 0 aliphatic heterocycles. The van der Waals surface area contributed by atoms with E-state index in [1.54, 1.807) is 11.3 Å². The molecular formula is C45H26N4OS. The number of hydrogen-bond donors (Lipinski definition) is 0. The fourth-order valence-electron chi connectivity index (χ4n) is 7.53. The van der Waals surface area contributed by atoms with Crippen molar-refractivity contribution in [1.29, 1.82) is 0 Å². The fourth-order valence-corrected chi connectivity index (χ4v) is 8.74. The van der Waals surface area contributed by atoms with Crippen LogP contribution in [0.15, 0.2) is 162 Å². The summed E-state index contributed by atoms with van der Waals surface area (Å²) in [5, 5.41) is 6.86. The summed E-state index contributed by atoms with van der Waals surface area (Å²) in [6.45, 7) is 0. The number of rotatable bonds is 4. The SMILES string of the molecule is c1ccc(-c2nc(-c3ccc(-n4c5ccccc5c5ccccc54)cc3)nc(-c3cc4c5ccccc5oc4c4c3sc3ccccc34)n2)cc1. The predicted octanol–water partition coefficient (Wildman–Crippen LogP) is 12.2. The molecule has 11 rings (SSSR count). The molecule has 4 aromatic heterocycles. The maximum absolute atomic E-state index is 6.56. The Hall–Kier alpha value is -6.63. The van der Waals surface area contributed by atoms with Gasteiger partial charge >= 0.3 is 0 Å². The van der Waals surface area contributed by atoms with E-state index >= 15 is 0 Å². The van der Waals surface area contributed by atoms with Crippen molar-refractivity contribution in [3.63, 3.8) is 0 Å². The Bertz CT molecular complexity index is 3080. The molecule has 0 saturated heterocycles. The standard InChI is InChI=1S/C45H26N4OS/c1-2-12-27(13-3-1)43-46-44(28-22-24-29(25-23-28)49-36-18-8-4-14-30(36)31-15-5-9-19-37(31)49)48-45(47-43)35-26-34-32-16-6-10-20-38(32)50-41(34)40-33-17-7-11-21-39(33)51-42(35)40/h1-26H. The molecule has 0 aliphatic carbocycles. The molecule has 0 aliphatic rings. The molecule has 0 unspecified atom stereocenters. The number of nitrogens with zero attached hydrogens (tertiary/aromatic N) is 4. The molecule has 7 aromatic carbocycles. The van der Waals surface area contributed by atoms with Gasteiger partial charge in [-0.3, -0.25) is 0 Å². The highest BCUT2D eigenvalue weighted by Gasteiger charge is 2.22. The van der Waals surface area contributed by atoms with Gasteiger partial charge in [-0.15, -0.1) is 11.3 Å². The minimum Gasteiger partial charge on any atom is -0.455 e. The molecule has 51 heavy (non-hydrogen) atoms. The summed E-state index contributed by atoms with van der Waals surface area (Å²) in [5.41, 5.74) is 8.02. The van der Waals surface area contributed by atoms with Crippen molar-refractivity contribution < 1.29 is 4.42 Å². The van der Waals surface area contributed by atoms with E-state index < -0.39 is 0 Å². The van der Waals surface area contributed by atoms with Gasteiger partial charge in [0, 0.05) is 59.4 Å². The number of benzene rings is 7. The highest BCUT2D eigenvalue weighted by Crippen LogP contribution is 2.46. The van der Waals surface area contributed by atoms with Crippen LogP contribution in [0.4, 0.5) is 0 Å². The Balaban J connectivity index is 1.14. The van der Waals surface area contributed by atoms with Gasteiger partial charge in [0.1, 0.15) is 11.2 Å². The zero-order chi connectivity index (χ0) is 33.5. The molecule has 0 saturated carbocycles.